The predicted molar refractivity (Wildman–Crippen MR) is 103 cm³/mol. The van der Waals surface area contributed by atoms with Gasteiger partial charge in [-0.1, -0.05) is 66.7 Å². The summed E-state index contributed by atoms with van der Waals surface area (Å²) in [6.45, 7) is 0. The number of methoxy groups -OCH3 is 2. The molecule has 0 saturated heterocycles. The second-order valence-electron chi connectivity index (χ2n) is 6.14. The van der Waals surface area contributed by atoms with Crippen LogP contribution in [-0.2, 0) is 12.8 Å². The third-order valence-electron chi connectivity index (χ3n) is 4.59. The molecule has 3 aromatic carbocycles. The minimum Gasteiger partial charge on any atom is -0.496 e. The van der Waals surface area contributed by atoms with Gasteiger partial charge in [0.1, 0.15) is 11.5 Å². The SMILES string of the molecule is COc1ccccc1CC(Cc1ccccc1OC)c1ccccc1. The molecule has 2 heteroatoms. The first-order chi connectivity index (χ1) is 12.3. The first kappa shape index (κ1) is 17.1. The molecule has 2 nitrogen and oxygen atoms in total. The van der Waals surface area contributed by atoms with Crippen molar-refractivity contribution in [1.82, 2.24) is 0 Å². The first-order valence-electron chi connectivity index (χ1n) is 8.60. The van der Waals surface area contributed by atoms with Crippen LogP contribution in [0.3, 0.4) is 0 Å². The molecule has 0 fully saturated rings. The van der Waals surface area contributed by atoms with Gasteiger partial charge in [-0.15, -0.1) is 0 Å². The summed E-state index contributed by atoms with van der Waals surface area (Å²) in [7, 11) is 3.47. The fraction of sp³-hybridized carbons (Fsp3) is 0.217. The molecule has 0 radical (unpaired) electrons. The highest BCUT2D eigenvalue weighted by atomic mass is 16.5. The molecule has 128 valence electrons. The fourth-order valence-electron chi connectivity index (χ4n) is 3.31. The van der Waals surface area contributed by atoms with Gasteiger partial charge in [0.15, 0.2) is 0 Å². The van der Waals surface area contributed by atoms with E-state index in [1.54, 1.807) is 14.2 Å². The molecule has 0 unspecified atom stereocenters. The average molecular weight is 332 g/mol. The van der Waals surface area contributed by atoms with Crippen LogP contribution in [0.5, 0.6) is 11.5 Å². The molecular formula is C23H24O2. The topological polar surface area (TPSA) is 18.5 Å². The number of benzene rings is 3. The summed E-state index contributed by atoms with van der Waals surface area (Å²) in [5, 5.41) is 0. The highest BCUT2D eigenvalue weighted by molar-refractivity contribution is 5.39. The van der Waals surface area contributed by atoms with Gasteiger partial charge in [0.2, 0.25) is 0 Å². The Labute approximate surface area is 150 Å². The Hall–Kier alpha value is -2.74. The lowest BCUT2D eigenvalue weighted by molar-refractivity contribution is 0.404. The molecule has 0 saturated carbocycles. The maximum absolute atomic E-state index is 5.55. The van der Waals surface area contributed by atoms with Crippen LogP contribution in [0.25, 0.3) is 0 Å². The lowest BCUT2D eigenvalue weighted by Gasteiger charge is -2.20. The van der Waals surface area contributed by atoms with Crippen LogP contribution in [0.2, 0.25) is 0 Å². The van der Waals surface area contributed by atoms with E-state index in [0.29, 0.717) is 5.92 Å². The summed E-state index contributed by atoms with van der Waals surface area (Å²) in [5.74, 6) is 2.25. The summed E-state index contributed by atoms with van der Waals surface area (Å²) < 4.78 is 11.1. The quantitative estimate of drug-likeness (QED) is 0.586. The molecule has 0 atom stereocenters. The van der Waals surface area contributed by atoms with E-state index in [1.165, 1.54) is 16.7 Å². The van der Waals surface area contributed by atoms with E-state index in [1.807, 2.05) is 24.3 Å². The monoisotopic (exact) mass is 332 g/mol. The van der Waals surface area contributed by atoms with E-state index >= 15 is 0 Å². The highest BCUT2D eigenvalue weighted by Gasteiger charge is 2.17. The molecule has 3 rings (SSSR count). The van der Waals surface area contributed by atoms with Crippen molar-refractivity contribution in [3.63, 3.8) is 0 Å². The second kappa shape index (κ2) is 8.39. The zero-order chi connectivity index (χ0) is 17.5. The minimum atomic E-state index is 0.355. The van der Waals surface area contributed by atoms with E-state index in [-0.39, 0.29) is 0 Å². The van der Waals surface area contributed by atoms with Crippen molar-refractivity contribution >= 4 is 0 Å². The normalized spacial score (nSPS) is 10.7. The van der Waals surface area contributed by atoms with Crippen molar-refractivity contribution < 1.29 is 9.47 Å². The standard InChI is InChI=1S/C23H24O2/c1-24-22-14-8-6-12-19(22)16-21(18-10-4-3-5-11-18)17-20-13-7-9-15-23(20)25-2/h3-15,21H,16-17H2,1-2H3. The molecular weight excluding hydrogens is 308 g/mol. The fourth-order valence-corrected chi connectivity index (χ4v) is 3.31. The molecule has 25 heavy (non-hydrogen) atoms. The van der Waals surface area contributed by atoms with Crippen molar-refractivity contribution in [1.29, 1.82) is 0 Å². The second-order valence-corrected chi connectivity index (χ2v) is 6.14. The predicted octanol–water partition coefficient (Wildman–Crippen LogP) is 5.27. The molecule has 0 aliphatic carbocycles. The Morgan fingerprint density at radius 2 is 1.04 bits per heavy atom. The highest BCUT2D eigenvalue weighted by Crippen LogP contribution is 2.31. The van der Waals surface area contributed by atoms with Gasteiger partial charge in [0.25, 0.3) is 0 Å². The molecule has 0 heterocycles. The zero-order valence-corrected chi connectivity index (χ0v) is 14.8. The van der Waals surface area contributed by atoms with Crippen molar-refractivity contribution in [2.75, 3.05) is 14.2 Å². The third-order valence-corrected chi connectivity index (χ3v) is 4.59. The van der Waals surface area contributed by atoms with Crippen LogP contribution in [0, 0.1) is 0 Å². The van der Waals surface area contributed by atoms with Gasteiger partial charge in [-0.05, 0) is 47.6 Å². The van der Waals surface area contributed by atoms with Gasteiger partial charge in [0.05, 0.1) is 14.2 Å². The van der Waals surface area contributed by atoms with E-state index < -0.39 is 0 Å². The van der Waals surface area contributed by atoms with Crippen molar-refractivity contribution in [3.8, 4) is 11.5 Å². The van der Waals surface area contributed by atoms with Crippen LogP contribution in [0.1, 0.15) is 22.6 Å². The summed E-state index contributed by atoms with van der Waals surface area (Å²) in [5.41, 5.74) is 3.79. The van der Waals surface area contributed by atoms with E-state index in [2.05, 4.69) is 54.6 Å². The molecule has 0 spiro atoms. The van der Waals surface area contributed by atoms with Gasteiger partial charge in [-0.3, -0.25) is 0 Å². The molecule has 0 aliphatic heterocycles. The van der Waals surface area contributed by atoms with Crippen LogP contribution >= 0.6 is 0 Å². The third kappa shape index (κ3) is 4.21. The number of hydrogen-bond donors (Lipinski definition) is 0. The average Bonchev–Trinajstić information content (AvgIpc) is 2.69. The van der Waals surface area contributed by atoms with Gasteiger partial charge >= 0.3 is 0 Å². The largest absolute Gasteiger partial charge is 0.496 e. The lowest BCUT2D eigenvalue weighted by Crippen LogP contribution is -2.08. The van der Waals surface area contributed by atoms with E-state index in [0.717, 1.165) is 24.3 Å². The van der Waals surface area contributed by atoms with Gasteiger partial charge in [-0.25, -0.2) is 0 Å². The van der Waals surface area contributed by atoms with Gasteiger partial charge < -0.3 is 9.47 Å². The van der Waals surface area contributed by atoms with E-state index in [9.17, 15) is 0 Å². The lowest BCUT2D eigenvalue weighted by atomic mass is 9.86. The Morgan fingerprint density at radius 1 is 0.600 bits per heavy atom. The van der Waals surface area contributed by atoms with E-state index in [4.69, 9.17) is 9.47 Å². The van der Waals surface area contributed by atoms with Crippen molar-refractivity contribution in [2.45, 2.75) is 18.8 Å². The Kier molecular flexibility index (Phi) is 5.73. The summed E-state index contributed by atoms with van der Waals surface area (Å²) in [4.78, 5) is 0. The Morgan fingerprint density at radius 3 is 1.52 bits per heavy atom. The molecule has 0 amide bonds. The molecule has 0 bridgehead atoms. The van der Waals surface area contributed by atoms with Crippen molar-refractivity contribution in [2.24, 2.45) is 0 Å². The minimum absolute atomic E-state index is 0.355. The van der Waals surface area contributed by atoms with Crippen LogP contribution in [-0.4, -0.2) is 14.2 Å². The molecule has 0 aliphatic rings. The number of hydrogen-bond acceptors (Lipinski definition) is 2. The van der Waals surface area contributed by atoms with Crippen LogP contribution < -0.4 is 9.47 Å². The summed E-state index contributed by atoms with van der Waals surface area (Å²) in [6, 6.07) is 27.2. The summed E-state index contributed by atoms with van der Waals surface area (Å²) in [6.07, 6.45) is 1.85. The number of para-hydroxylation sites is 2. The zero-order valence-electron chi connectivity index (χ0n) is 14.8. The van der Waals surface area contributed by atoms with Gasteiger partial charge in [0, 0.05) is 0 Å². The number of rotatable bonds is 7. The first-order valence-corrected chi connectivity index (χ1v) is 8.60. The molecule has 0 N–H and O–H groups in total. The van der Waals surface area contributed by atoms with Gasteiger partial charge in [-0.2, -0.15) is 0 Å². The molecule has 0 aromatic heterocycles. The number of ether oxygens (including phenoxy) is 2. The Balaban J connectivity index is 1.93. The molecule has 3 aromatic rings. The maximum Gasteiger partial charge on any atom is 0.122 e. The van der Waals surface area contributed by atoms with Crippen molar-refractivity contribution in [3.05, 3.63) is 95.6 Å². The maximum atomic E-state index is 5.55. The van der Waals surface area contributed by atoms with Crippen LogP contribution in [0.4, 0.5) is 0 Å². The van der Waals surface area contributed by atoms with Crippen LogP contribution in [0.15, 0.2) is 78.9 Å². The summed E-state index contributed by atoms with van der Waals surface area (Å²) >= 11 is 0. The smallest absolute Gasteiger partial charge is 0.122 e. The Bertz CT molecular complexity index is 746.